The molecule has 6 nitrogen and oxygen atoms in total. The molecule has 0 fully saturated rings. The van der Waals surface area contributed by atoms with E-state index in [1.165, 1.54) is 18.2 Å². The van der Waals surface area contributed by atoms with Crippen LogP contribution in [0.25, 0.3) is 0 Å². The number of benzene rings is 1. The van der Waals surface area contributed by atoms with E-state index in [0.717, 1.165) is 32.1 Å². The number of rotatable bonds is 3. The van der Waals surface area contributed by atoms with E-state index >= 15 is 0 Å². The number of nitro groups is 1. The summed E-state index contributed by atoms with van der Waals surface area (Å²) in [5, 5.41) is 19.7. The van der Waals surface area contributed by atoms with E-state index in [1.54, 1.807) is 0 Å². The molecule has 1 atom stereocenters. The summed E-state index contributed by atoms with van der Waals surface area (Å²) in [5.41, 5.74) is 0.503. The second kappa shape index (κ2) is 6.88. The van der Waals surface area contributed by atoms with Crippen LogP contribution in [0.1, 0.15) is 43.6 Å². The second-order valence-electron chi connectivity index (χ2n) is 5.02. The molecule has 1 aliphatic carbocycles. The average Bonchev–Trinajstić information content (AvgIpc) is 2.38. The van der Waals surface area contributed by atoms with Gasteiger partial charge in [0.15, 0.2) is 0 Å². The molecular formula is C15H17NO5. The third kappa shape index (κ3) is 4.05. The normalized spacial score (nSPS) is 20.1. The Hall–Kier alpha value is -2.37. The average molecular weight is 291 g/mol. The van der Waals surface area contributed by atoms with Gasteiger partial charge in [0.1, 0.15) is 5.75 Å². The molecule has 1 N–H and O–H groups in total. The molecule has 0 saturated heterocycles. The minimum absolute atomic E-state index is 0.0560. The summed E-state index contributed by atoms with van der Waals surface area (Å²) in [6.45, 7) is 0. The Labute approximate surface area is 122 Å². The van der Waals surface area contributed by atoms with Crippen LogP contribution in [0.4, 0.5) is 10.5 Å². The molecule has 0 aromatic heterocycles. The zero-order valence-corrected chi connectivity index (χ0v) is 11.5. The van der Waals surface area contributed by atoms with Crippen molar-refractivity contribution in [3.8, 4) is 5.75 Å². The molecule has 0 amide bonds. The number of carbonyl (C=O) groups is 1. The molecule has 1 unspecified atom stereocenters. The SMILES string of the molecule is O=C(O)Oc1ccc([N+](=O)[O-])cc1C1/C=C/CCCCC1. The minimum Gasteiger partial charge on any atom is -0.449 e. The molecule has 0 saturated carbocycles. The number of hydrogen-bond donors (Lipinski definition) is 1. The first-order chi connectivity index (χ1) is 10.1. The highest BCUT2D eigenvalue weighted by Gasteiger charge is 2.20. The summed E-state index contributed by atoms with van der Waals surface area (Å²) in [7, 11) is 0. The zero-order valence-electron chi connectivity index (χ0n) is 11.5. The summed E-state index contributed by atoms with van der Waals surface area (Å²) in [4.78, 5) is 21.2. The maximum absolute atomic E-state index is 10.9. The predicted molar refractivity (Wildman–Crippen MR) is 76.7 cm³/mol. The Morgan fingerprint density at radius 3 is 2.86 bits per heavy atom. The van der Waals surface area contributed by atoms with Crippen LogP contribution >= 0.6 is 0 Å². The van der Waals surface area contributed by atoms with Crippen LogP contribution in [0.15, 0.2) is 30.4 Å². The Morgan fingerprint density at radius 1 is 1.33 bits per heavy atom. The van der Waals surface area contributed by atoms with Gasteiger partial charge in [-0.1, -0.05) is 25.0 Å². The first kappa shape index (κ1) is 15.0. The van der Waals surface area contributed by atoms with E-state index in [0.29, 0.717) is 5.56 Å². The summed E-state index contributed by atoms with van der Waals surface area (Å²) in [5.74, 6) is 0.114. The molecule has 0 spiro atoms. The largest absolute Gasteiger partial charge is 0.511 e. The Morgan fingerprint density at radius 2 is 2.14 bits per heavy atom. The second-order valence-corrected chi connectivity index (χ2v) is 5.02. The van der Waals surface area contributed by atoms with Gasteiger partial charge >= 0.3 is 6.16 Å². The van der Waals surface area contributed by atoms with Gasteiger partial charge in [0.05, 0.1) is 4.92 Å². The van der Waals surface area contributed by atoms with Crippen LogP contribution in [-0.4, -0.2) is 16.2 Å². The first-order valence-corrected chi connectivity index (χ1v) is 6.93. The molecule has 21 heavy (non-hydrogen) atoms. The zero-order chi connectivity index (χ0) is 15.2. The Kier molecular flexibility index (Phi) is 4.92. The van der Waals surface area contributed by atoms with Gasteiger partial charge in [0.2, 0.25) is 0 Å². The molecule has 1 aromatic rings. The maximum atomic E-state index is 10.9. The van der Waals surface area contributed by atoms with Crippen LogP contribution in [0.3, 0.4) is 0 Å². The van der Waals surface area contributed by atoms with Crippen molar-refractivity contribution in [3.05, 3.63) is 46.0 Å². The van der Waals surface area contributed by atoms with Gasteiger partial charge in [0.25, 0.3) is 5.69 Å². The lowest BCUT2D eigenvalue weighted by Gasteiger charge is -2.18. The molecule has 1 aromatic carbocycles. The highest BCUT2D eigenvalue weighted by molar-refractivity contribution is 5.63. The van der Waals surface area contributed by atoms with Crippen LogP contribution in [0, 0.1) is 10.1 Å². The topological polar surface area (TPSA) is 89.7 Å². The van der Waals surface area contributed by atoms with Crippen molar-refractivity contribution in [2.45, 2.75) is 38.0 Å². The Balaban J connectivity index is 2.40. The van der Waals surface area contributed by atoms with Crippen molar-refractivity contribution in [1.82, 2.24) is 0 Å². The summed E-state index contributed by atoms with van der Waals surface area (Å²) < 4.78 is 4.77. The van der Waals surface area contributed by atoms with Crippen LogP contribution in [0.2, 0.25) is 0 Å². The third-order valence-electron chi connectivity index (χ3n) is 3.56. The lowest BCUT2D eigenvalue weighted by Crippen LogP contribution is -2.08. The predicted octanol–water partition coefficient (Wildman–Crippen LogP) is 4.26. The summed E-state index contributed by atoms with van der Waals surface area (Å²) in [6.07, 6.45) is 7.67. The number of carboxylic acid groups (broad SMARTS) is 1. The van der Waals surface area contributed by atoms with Gasteiger partial charge in [0, 0.05) is 23.6 Å². The van der Waals surface area contributed by atoms with Crippen molar-refractivity contribution in [2.75, 3.05) is 0 Å². The van der Waals surface area contributed by atoms with Crippen LogP contribution in [0.5, 0.6) is 5.75 Å². The molecule has 0 bridgehead atoms. The molecule has 2 rings (SSSR count). The van der Waals surface area contributed by atoms with Gasteiger partial charge in [-0.2, -0.15) is 0 Å². The van der Waals surface area contributed by atoms with Gasteiger partial charge in [-0.15, -0.1) is 0 Å². The van der Waals surface area contributed by atoms with E-state index in [-0.39, 0.29) is 17.4 Å². The smallest absolute Gasteiger partial charge is 0.449 e. The van der Waals surface area contributed by atoms with Gasteiger partial charge in [-0.3, -0.25) is 10.1 Å². The number of allylic oxidation sites excluding steroid dienone is 2. The van der Waals surface area contributed by atoms with Crippen molar-refractivity contribution < 1.29 is 19.6 Å². The highest BCUT2D eigenvalue weighted by Crippen LogP contribution is 2.35. The fourth-order valence-corrected chi connectivity index (χ4v) is 2.55. The van der Waals surface area contributed by atoms with E-state index in [9.17, 15) is 14.9 Å². The standard InChI is InChI=1S/C15H17NO5/c17-15(18)21-14-9-8-12(16(19)20)10-13(14)11-6-4-2-1-3-5-7-11/h4,6,8-11H,1-3,5,7H2,(H,17,18)/b6-4+. The molecule has 1 aliphatic rings. The Bertz CT molecular complexity index is 567. The fraction of sp³-hybridized carbons (Fsp3) is 0.400. The molecule has 112 valence electrons. The highest BCUT2D eigenvalue weighted by atomic mass is 16.7. The summed E-state index contributed by atoms with van der Waals surface area (Å²) >= 11 is 0. The number of nitrogens with zero attached hydrogens (tertiary/aromatic N) is 1. The van der Waals surface area contributed by atoms with E-state index in [4.69, 9.17) is 9.84 Å². The molecule has 0 heterocycles. The summed E-state index contributed by atoms with van der Waals surface area (Å²) in [6, 6.07) is 4.03. The van der Waals surface area contributed by atoms with Gasteiger partial charge in [-0.25, -0.2) is 4.79 Å². The van der Waals surface area contributed by atoms with E-state index in [1.807, 2.05) is 12.2 Å². The third-order valence-corrected chi connectivity index (χ3v) is 3.56. The fourth-order valence-electron chi connectivity index (χ4n) is 2.55. The quantitative estimate of drug-likeness (QED) is 0.295. The number of ether oxygens (including phenoxy) is 1. The van der Waals surface area contributed by atoms with E-state index in [2.05, 4.69) is 0 Å². The molecule has 0 aliphatic heterocycles. The number of non-ortho nitro benzene ring substituents is 1. The van der Waals surface area contributed by atoms with Crippen molar-refractivity contribution >= 4 is 11.8 Å². The van der Waals surface area contributed by atoms with Crippen molar-refractivity contribution in [1.29, 1.82) is 0 Å². The minimum atomic E-state index is -1.42. The lowest BCUT2D eigenvalue weighted by atomic mass is 9.89. The van der Waals surface area contributed by atoms with E-state index < -0.39 is 11.1 Å². The monoisotopic (exact) mass is 291 g/mol. The maximum Gasteiger partial charge on any atom is 0.511 e. The lowest BCUT2D eigenvalue weighted by molar-refractivity contribution is -0.384. The van der Waals surface area contributed by atoms with Crippen molar-refractivity contribution in [3.63, 3.8) is 0 Å². The molecular weight excluding hydrogens is 274 g/mol. The van der Waals surface area contributed by atoms with Gasteiger partial charge in [-0.05, 0) is 25.3 Å². The van der Waals surface area contributed by atoms with Crippen molar-refractivity contribution in [2.24, 2.45) is 0 Å². The number of hydrogen-bond acceptors (Lipinski definition) is 4. The first-order valence-electron chi connectivity index (χ1n) is 6.93. The molecule has 0 radical (unpaired) electrons. The van der Waals surface area contributed by atoms with Gasteiger partial charge < -0.3 is 9.84 Å². The van der Waals surface area contributed by atoms with Crippen LogP contribution < -0.4 is 4.74 Å². The number of nitro benzene ring substituents is 1. The molecule has 6 heteroatoms. The van der Waals surface area contributed by atoms with Crippen LogP contribution in [-0.2, 0) is 0 Å².